The van der Waals surface area contributed by atoms with Crippen molar-refractivity contribution < 1.29 is 26.6 Å². The Hall–Kier alpha value is 0.194. The lowest BCUT2D eigenvalue weighted by Crippen LogP contribution is -2.46. The highest BCUT2D eigenvalue weighted by molar-refractivity contribution is 6.61. The minimum Gasteiger partial charge on any atom is -0.373 e. The van der Waals surface area contributed by atoms with Crippen LogP contribution in [0.1, 0.15) is 196 Å². The third-order valence-electron chi connectivity index (χ3n) is 8.64. The van der Waals surface area contributed by atoms with Crippen LogP contribution in [0.4, 0.5) is 0 Å². The molecular formula is C38H82O6Si2. The van der Waals surface area contributed by atoms with E-state index in [4.69, 9.17) is 26.6 Å². The van der Waals surface area contributed by atoms with Gasteiger partial charge in [0, 0.05) is 51.7 Å². The molecule has 0 radical (unpaired) electrons. The fourth-order valence-corrected chi connectivity index (χ4v) is 11.0. The molecule has 8 heteroatoms. The number of rotatable bonds is 39. The minimum atomic E-state index is -2.65. The fourth-order valence-electron chi connectivity index (χ4n) is 5.55. The standard InChI is InChI=1S/C38H82O6Si2/c1-7-13-23-31-39-45(40-32-24-14-8-2,41-33-25-15-9-3)37-29-21-19-20-22-30-38-46(42-34-26-16-10-4,43-35-27-17-11-5)44-36-28-18-12-6/h7-38H2,1-6H3. The monoisotopic (exact) mass is 691 g/mol. The van der Waals surface area contributed by atoms with E-state index in [0.29, 0.717) is 0 Å². The normalized spacial score (nSPS) is 12.4. The van der Waals surface area contributed by atoms with Crippen LogP contribution in [0.15, 0.2) is 0 Å². The van der Waals surface area contributed by atoms with Gasteiger partial charge in [-0.3, -0.25) is 0 Å². The van der Waals surface area contributed by atoms with Crippen LogP contribution in [0.3, 0.4) is 0 Å². The maximum Gasteiger partial charge on any atom is 0.500 e. The molecule has 46 heavy (non-hydrogen) atoms. The van der Waals surface area contributed by atoms with E-state index in [0.717, 1.165) is 103 Å². The van der Waals surface area contributed by atoms with Crippen LogP contribution >= 0.6 is 0 Å². The van der Waals surface area contributed by atoms with Crippen LogP contribution in [0.25, 0.3) is 0 Å². The lowest BCUT2D eigenvalue weighted by Gasteiger charge is -2.30. The molecule has 0 amide bonds. The van der Waals surface area contributed by atoms with Gasteiger partial charge in [-0.2, -0.15) is 0 Å². The zero-order chi connectivity index (χ0) is 33.9. The van der Waals surface area contributed by atoms with Crippen molar-refractivity contribution in [3.05, 3.63) is 0 Å². The minimum absolute atomic E-state index is 0.773. The second kappa shape index (κ2) is 35.0. The molecule has 0 N–H and O–H groups in total. The molecule has 0 unspecified atom stereocenters. The predicted octanol–water partition coefficient (Wildman–Crippen LogP) is 12.4. The van der Waals surface area contributed by atoms with Crippen molar-refractivity contribution in [2.24, 2.45) is 0 Å². The largest absolute Gasteiger partial charge is 0.500 e. The highest BCUT2D eigenvalue weighted by Crippen LogP contribution is 2.25. The fraction of sp³-hybridized carbons (Fsp3) is 1.00. The molecule has 0 aromatic heterocycles. The van der Waals surface area contributed by atoms with E-state index < -0.39 is 17.6 Å². The summed E-state index contributed by atoms with van der Waals surface area (Å²) in [4.78, 5) is 0. The van der Waals surface area contributed by atoms with E-state index in [1.165, 1.54) is 103 Å². The number of hydrogen-bond donors (Lipinski definition) is 0. The maximum absolute atomic E-state index is 6.57. The SMILES string of the molecule is CCCCCO[Si](CCCCCCCC[Si](OCCCCC)(OCCCCC)OCCCCC)(OCCCCC)OCCCCC. The molecule has 6 nitrogen and oxygen atoms in total. The maximum atomic E-state index is 6.57. The van der Waals surface area contributed by atoms with Crippen molar-refractivity contribution in [3.8, 4) is 0 Å². The van der Waals surface area contributed by atoms with E-state index >= 15 is 0 Å². The van der Waals surface area contributed by atoms with Gasteiger partial charge in [-0.15, -0.1) is 0 Å². The molecule has 0 rings (SSSR count). The van der Waals surface area contributed by atoms with E-state index in [1.807, 2.05) is 0 Å². The molecule has 0 atom stereocenters. The van der Waals surface area contributed by atoms with Gasteiger partial charge in [-0.1, -0.05) is 144 Å². The van der Waals surface area contributed by atoms with Crippen molar-refractivity contribution in [3.63, 3.8) is 0 Å². The van der Waals surface area contributed by atoms with E-state index in [1.54, 1.807) is 0 Å². The van der Waals surface area contributed by atoms with Crippen LogP contribution in [-0.4, -0.2) is 57.3 Å². The Kier molecular flexibility index (Phi) is 35.2. The second-order valence-corrected chi connectivity index (χ2v) is 18.8. The third kappa shape index (κ3) is 27.1. The van der Waals surface area contributed by atoms with Crippen molar-refractivity contribution in [1.82, 2.24) is 0 Å². The average Bonchev–Trinajstić information content (AvgIpc) is 3.07. The van der Waals surface area contributed by atoms with E-state index in [-0.39, 0.29) is 0 Å². The Morgan fingerprint density at radius 2 is 0.435 bits per heavy atom. The van der Waals surface area contributed by atoms with Gasteiger partial charge in [-0.05, 0) is 51.4 Å². The lowest BCUT2D eigenvalue weighted by atomic mass is 10.1. The molecule has 0 aromatic carbocycles. The smallest absolute Gasteiger partial charge is 0.373 e. The summed E-state index contributed by atoms with van der Waals surface area (Å²) in [5.74, 6) is 0. The number of hydrogen-bond acceptors (Lipinski definition) is 6. The number of unbranched alkanes of at least 4 members (excludes halogenated alkanes) is 17. The van der Waals surface area contributed by atoms with Gasteiger partial charge in [0.15, 0.2) is 0 Å². The van der Waals surface area contributed by atoms with Gasteiger partial charge in [0.2, 0.25) is 0 Å². The molecule has 278 valence electrons. The Morgan fingerprint density at radius 3 is 0.630 bits per heavy atom. The first-order valence-electron chi connectivity index (χ1n) is 20.4. The molecule has 0 saturated carbocycles. The summed E-state index contributed by atoms with van der Waals surface area (Å²) >= 11 is 0. The molecule has 0 heterocycles. The molecule has 0 saturated heterocycles. The van der Waals surface area contributed by atoms with Gasteiger partial charge in [0.05, 0.1) is 0 Å². The highest BCUT2D eigenvalue weighted by Gasteiger charge is 2.41. The average molecular weight is 691 g/mol. The molecule has 0 aliphatic carbocycles. The highest BCUT2D eigenvalue weighted by atomic mass is 28.4. The lowest BCUT2D eigenvalue weighted by molar-refractivity contribution is 0.0539. The first-order valence-corrected chi connectivity index (χ1v) is 24.3. The van der Waals surface area contributed by atoms with Crippen LogP contribution in [0, 0.1) is 0 Å². The first-order chi connectivity index (χ1) is 22.6. The molecule has 0 fully saturated rings. The second-order valence-electron chi connectivity index (χ2n) is 13.3. The summed E-state index contributed by atoms with van der Waals surface area (Å²) in [6.45, 7) is 18.1. The molecular weight excluding hydrogens is 609 g/mol. The van der Waals surface area contributed by atoms with E-state index in [9.17, 15) is 0 Å². The Bertz CT molecular complexity index is 485. The summed E-state index contributed by atoms with van der Waals surface area (Å²) in [7, 11) is -5.29. The zero-order valence-electron chi connectivity index (χ0n) is 32.1. The topological polar surface area (TPSA) is 55.4 Å². The van der Waals surface area contributed by atoms with Crippen LogP contribution in [0.5, 0.6) is 0 Å². The van der Waals surface area contributed by atoms with Gasteiger partial charge < -0.3 is 26.6 Å². The molecule has 0 aliphatic rings. The predicted molar refractivity (Wildman–Crippen MR) is 202 cm³/mol. The Morgan fingerprint density at radius 1 is 0.239 bits per heavy atom. The Balaban J connectivity index is 5.00. The molecule has 0 spiro atoms. The zero-order valence-corrected chi connectivity index (χ0v) is 34.1. The van der Waals surface area contributed by atoms with Gasteiger partial charge in [0.1, 0.15) is 0 Å². The van der Waals surface area contributed by atoms with Crippen LogP contribution in [0.2, 0.25) is 12.1 Å². The Labute approximate surface area is 290 Å². The summed E-state index contributed by atoms with van der Waals surface area (Å²) in [5, 5.41) is 0. The summed E-state index contributed by atoms with van der Waals surface area (Å²) in [6.07, 6.45) is 28.2. The van der Waals surface area contributed by atoms with E-state index in [2.05, 4.69) is 41.5 Å². The molecule has 0 bridgehead atoms. The quantitative estimate of drug-likeness (QED) is 0.0473. The molecule has 0 aromatic rings. The van der Waals surface area contributed by atoms with Gasteiger partial charge in [-0.25, -0.2) is 0 Å². The first kappa shape index (κ1) is 46.2. The van der Waals surface area contributed by atoms with Crippen LogP contribution in [-0.2, 0) is 26.6 Å². The van der Waals surface area contributed by atoms with Crippen molar-refractivity contribution in [1.29, 1.82) is 0 Å². The summed E-state index contributed by atoms with van der Waals surface area (Å²) < 4.78 is 39.4. The van der Waals surface area contributed by atoms with Gasteiger partial charge in [0.25, 0.3) is 0 Å². The van der Waals surface area contributed by atoms with Crippen LogP contribution < -0.4 is 0 Å². The van der Waals surface area contributed by atoms with Crippen molar-refractivity contribution in [2.75, 3.05) is 39.6 Å². The van der Waals surface area contributed by atoms with Crippen molar-refractivity contribution in [2.45, 2.75) is 208 Å². The third-order valence-corrected chi connectivity index (χ3v) is 14.4. The molecule has 0 aliphatic heterocycles. The summed E-state index contributed by atoms with van der Waals surface area (Å²) in [5.41, 5.74) is 0. The summed E-state index contributed by atoms with van der Waals surface area (Å²) in [6, 6.07) is 1.91. The van der Waals surface area contributed by atoms with Crippen molar-refractivity contribution >= 4 is 17.6 Å². The van der Waals surface area contributed by atoms with Gasteiger partial charge >= 0.3 is 17.6 Å².